The molecule has 1 amide bonds. The van der Waals surface area contributed by atoms with Gasteiger partial charge in [0, 0.05) is 23.9 Å². The molecule has 150 valence electrons. The number of nitrogens with zero attached hydrogens (tertiary/aromatic N) is 1. The fraction of sp³-hybridized carbons (Fsp3) is 0.455. The van der Waals surface area contributed by atoms with Crippen LogP contribution in [0.3, 0.4) is 0 Å². The molecule has 0 saturated heterocycles. The predicted molar refractivity (Wildman–Crippen MR) is 107 cm³/mol. The third kappa shape index (κ3) is 5.15. The van der Waals surface area contributed by atoms with Crippen molar-refractivity contribution in [3.63, 3.8) is 0 Å². The number of methoxy groups -OCH3 is 1. The molecule has 1 aromatic carbocycles. The molecule has 0 bridgehead atoms. The summed E-state index contributed by atoms with van der Waals surface area (Å²) >= 11 is 0. The standard InChI is InChI=1S/C22H28N2O4/c1-15(2)27-22-17(7-6-12-23-22)14-24-21(25)16-10-11-19(20(13-16)26-3)28-18-8-4-5-9-18/h6-7,10-13,15,18H,4-5,8-9,14H2,1-3H3,(H,24,25). The zero-order valence-electron chi connectivity index (χ0n) is 16.7. The maximum atomic E-state index is 12.6. The van der Waals surface area contributed by atoms with Crippen LogP contribution >= 0.6 is 0 Å². The Hall–Kier alpha value is -2.76. The predicted octanol–water partition coefficient (Wildman–Crippen LogP) is 4.13. The maximum absolute atomic E-state index is 12.6. The molecule has 1 aromatic heterocycles. The second-order valence-corrected chi connectivity index (χ2v) is 7.21. The summed E-state index contributed by atoms with van der Waals surface area (Å²) in [6.07, 6.45) is 6.46. The van der Waals surface area contributed by atoms with Gasteiger partial charge in [-0.3, -0.25) is 4.79 Å². The van der Waals surface area contributed by atoms with Crippen molar-refractivity contribution in [2.45, 2.75) is 58.3 Å². The number of carbonyl (C=O) groups is 1. The Morgan fingerprint density at radius 3 is 2.71 bits per heavy atom. The Bertz CT molecular complexity index is 801. The summed E-state index contributed by atoms with van der Waals surface area (Å²) in [5.74, 6) is 1.61. The highest BCUT2D eigenvalue weighted by molar-refractivity contribution is 5.94. The lowest BCUT2D eigenvalue weighted by atomic mass is 10.1. The quantitative estimate of drug-likeness (QED) is 0.741. The maximum Gasteiger partial charge on any atom is 0.251 e. The number of carbonyl (C=O) groups excluding carboxylic acids is 1. The fourth-order valence-electron chi connectivity index (χ4n) is 3.26. The minimum Gasteiger partial charge on any atom is -0.493 e. The van der Waals surface area contributed by atoms with Gasteiger partial charge in [-0.25, -0.2) is 4.98 Å². The summed E-state index contributed by atoms with van der Waals surface area (Å²) in [7, 11) is 1.59. The van der Waals surface area contributed by atoms with Crippen molar-refractivity contribution in [3.8, 4) is 17.4 Å². The minimum absolute atomic E-state index is 0.0148. The van der Waals surface area contributed by atoms with Crippen LogP contribution in [-0.4, -0.2) is 30.2 Å². The van der Waals surface area contributed by atoms with E-state index >= 15 is 0 Å². The topological polar surface area (TPSA) is 69.7 Å². The average Bonchev–Trinajstić information content (AvgIpc) is 3.20. The van der Waals surface area contributed by atoms with Crippen molar-refractivity contribution < 1.29 is 19.0 Å². The van der Waals surface area contributed by atoms with Crippen molar-refractivity contribution in [1.29, 1.82) is 0 Å². The van der Waals surface area contributed by atoms with Crippen LogP contribution in [0.4, 0.5) is 0 Å². The van der Waals surface area contributed by atoms with E-state index in [1.807, 2.05) is 32.0 Å². The van der Waals surface area contributed by atoms with E-state index in [0.29, 0.717) is 29.5 Å². The molecule has 0 aliphatic heterocycles. The molecule has 0 spiro atoms. The first-order valence-corrected chi connectivity index (χ1v) is 9.80. The van der Waals surface area contributed by atoms with E-state index in [1.54, 1.807) is 25.4 Å². The first kappa shape index (κ1) is 20.0. The van der Waals surface area contributed by atoms with Crippen LogP contribution in [0.15, 0.2) is 36.5 Å². The van der Waals surface area contributed by atoms with E-state index in [-0.39, 0.29) is 18.1 Å². The second kappa shape index (κ2) is 9.44. The molecule has 0 unspecified atom stereocenters. The molecular weight excluding hydrogens is 356 g/mol. The highest BCUT2D eigenvalue weighted by Gasteiger charge is 2.19. The van der Waals surface area contributed by atoms with Gasteiger partial charge < -0.3 is 19.5 Å². The number of aromatic nitrogens is 1. The molecule has 6 heteroatoms. The van der Waals surface area contributed by atoms with E-state index in [1.165, 1.54) is 12.8 Å². The van der Waals surface area contributed by atoms with Gasteiger partial charge in [0.15, 0.2) is 11.5 Å². The van der Waals surface area contributed by atoms with Gasteiger partial charge in [0.1, 0.15) is 0 Å². The lowest BCUT2D eigenvalue weighted by Crippen LogP contribution is -2.23. The van der Waals surface area contributed by atoms with Crippen LogP contribution < -0.4 is 19.5 Å². The summed E-state index contributed by atoms with van der Waals surface area (Å²) in [4.78, 5) is 16.9. The molecule has 1 fully saturated rings. The molecule has 1 aliphatic carbocycles. The Kier molecular flexibility index (Phi) is 6.74. The van der Waals surface area contributed by atoms with Gasteiger partial charge in [-0.1, -0.05) is 6.07 Å². The van der Waals surface area contributed by atoms with E-state index in [0.717, 1.165) is 18.4 Å². The van der Waals surface area contributed by atoms with Gasteiger partial charge in [-0.05, 0) is 63.8 Å². The van der Waals surface area contributed by atoms with Crippen molar-refractivity contribution in [2.24, 2.45) is 0 Å². The van der Waals surface area contributed by atoms with Crippen LogP contribution in [0.2, 0.25) is 0 Å². The highest BCUT2D eigenvalue weighted by atomic mass is 16.5. The lowest BCUT2D eigenvalue weighted by molar-refractivity contribution is 0.0950. The Morgan fingerprint density at radius 2 is 2.00 bits per heavy atom. The zero-order valence-corrected chi connectivity index (χ0v) is 16.7. The second-order valence-electron chi connectivity index (χ2n) is 7.21. The summed E-state index contributed by atoms with van der Waals surface area (Å²) in [5, 5.41) is 2.92. The number of hydrogen-bond acceptors (Lipinski definition) is 5. The Morgan fingerprint density at radius 1 is 1.21 bits per heavy atom. The molecule has 6 nitrogen and oxygen atoms in total. The average molecular weight is 384 g/mol. The Balaban J connectivity index is 1.66. The SMILES string of the molecule is COc1cc(C(=O)NCc2cccnc2OC(C)C)ccc1OC1CCCC1. The number of amides is 1. The number of rotatable bonds is 8. The highest BCUT2D eigenvalue weighted by Crippen LogP contribution is 2.32. The molecule has 1 aliphatic rings. The first-order chi connectivity index (χ1) is 13.6. The molecule has 1 heterocycles. The molecular formula is C22H28N2O4. The summed E-state index contributed by atoms with van der Waals surface area (Å²) < 4.78 is 17.2. The third-order valence-corrected chi connectivity index (χ3v) is 4.66. The van der Waals surface area contributed by atoms with Gasteiger partial charge in [-0.2, -0.15) is 0 Å². The summed E-state index contributed by atoms with van der Waals surface area (Å²) in [6, 6.07) is 9.01. The van der Waals surface area contributed by atoms with Gasteiger partial charge in [0.05, 0.1) is 19.3 Å². The van der Waals surface area contributed by atoms with Gasteiger partial charge in [-0.15, -0.1) is 0 Å². The zero-order chi connectivity index (χ0) is 19.9. The van der Waals surface area contributed by atoms with Gasteiger partial charge in [0.2, 0.25) is 5.88 Å². The molecule has 1 N–H and O–H groups in total. The van der Waals surface area contributed by atoms with Crippen molar-refractivity contribution >= 4 is 5.91 Å². The van der Waals surface area contributed by atoms with Gasteiger partial charge >= 0.3 is 0 Å². The van der Waals surface area contributed by atoms with Gasteiger partial charge in [0.25, 0.3) is 5.91 Å². The van der Waals surface area contributed by atoms with E-state index in [4.69, 9.17) is 14.2 Å². The monoisotopic (exact) mass is 384 g/mol. The molecule has 1 saturated carbocycles. The number of pyridine rings is 1. The third-order valence-electron chi connectivity index (χ3n) is 4.66. The molecule has 3 rings (SSSR count). The molecule has 0 radical (unpaired) electrons. The molecule has 28 heavy (non-hydrogen) atoms. The molecule has 0 atom stereocenters. The first-order valence-electron chi connectivity index (χ1n) is 9.80. The minimum atomic E-state index is -0.190. The van der Waals surface area contributed by atoms with Crippen LogP contribution in [0.1, 0.15) is 55.5 Å². The number of benzene rings is 1. The molecule has 2 aromatic rings. The largest absolute Gasteiger partial charge is 0.493 e. The van der Waals surface area contributed by atoms with E-state index in [2.05, 4.69) is 10.3 Å². The van der Waals surface area contributed by atoms with E-state index in [9.17, 15) is 4.79 Å². The lowest BCUT2D eigenvalue weighted by Gasteiger charge is -2.17. The summed E-state index contributed by atoms with van der Waals surface area (Å²) in [6.45, 7) is 4.22. The summed E-state index contributed by atoms with van der Waals surface area (Å²) in [5.41, 5.74) is 1.35. The number of ether oxygens (including phenoxy) is 3. The van der Waals surface area contributed by atoms with Crippen molar-refractivity contribution in [3.05, 3.63) is 47.7 Å². The van der Waals surface area contributed by atoms with Crippen molar-refractivity contribution in [2.75, 3.05) is 7.11 Å². The Labute approximate surface area is 166 Å². The van der Waals surface area contributed by atoms with Crippen LogP contribution in [0, 0.1) is 0 Å². The fourth-order valence-corrected chi connectivity index (χ4v) is 3.26. The number of nitrogens with one attached hydrogen (secondary N) is 1. The van der Waals surface area contributed by atoms with Crippen LogP contribution in [0.5, 0.6) is 17.4 Å². The normalized spacial score (nSPS) is 14.1. The van der Waals surface area contributed by atoms with Crippen LogP contribution in [-0.2, 0) is 6.54 Å². The van der Waals surface area contributed by atoms with E-state index < -0.39 is 0 Å². The van der Waals surface area contributed by atoms with Crippen molar-refractivity contribution in [1.82, 2.24) is 10.3 Å². The smallest absolute Gasteiger partial charge is 0.251 e. The van der Waals surface area contributed by atoms with Crippen LogP contribution in [0.25, 0.3) is 0 Å². The number of hydrogen-bond donors (Lipinski definition) is 1.